The van der Waals surface area contributed by atoms with Crippen LogP contribution in [0.25, 0.3) is 0 Å². The van der Waals surface area contributed by atoms with Crippen molar-refractivity contribution in [2.45, 2.75) is 47.6 Å². The van der Waals surface area contributed by atoms with Crippen molar-refractivity contribution in [1.82, 2.24) is 0 Å². The molecule has 1 unspecified atom stereocenters. The molecule has 0 heterocycles. The summed E-state index contributed by atoms with van der Waals surface area (Å²) in [5, 5.41) is 0. The largest absolute Gasteiger partial charge is 0.398 e. The molecule has 0 amide bonds. The van der Waals surface area contributed by atoms with Crippen LogP contribution < -0.4 is 11.5 Å². The molecule has 15 heavy (non-hydrogen) atoms. The third-order valence-corrected chi connectivity index (χ3v) is 1.39. The monoisotopic (exact) mass is 212 g/mol. The van der Waals surface area contributed by atoms with Gasteiger partial charge < -0.3 is 11.5 Å². The number of hydrogen-bond donors (Lipinski definition) is 2. The molecule has 2 heteroatoms. The highest BCUT2D eigenvalue weighted by molar-refractivity contribution is 5.33. The van der Waals surface area contributed by atoms with Gasteiger partial charge in [-0.3, -0.25) is 0 Å². The summed E-state index contributed by atoms with van der Waals surface area (Å²) in [5.41, 5.74) is 12.9. The van der Waals surface area contributed by atoms with E-state index in [1.807, 2.05) is 53.7 Å². The smallest absolute Gasteiger partial charge is 0.0356 e. The first kappa shape index (κ1) is 19.5. The highest BCUT2D eigenvalue weighted by Gasteiger charge is 2.01. The van der Waals surface area contributed by atoms with Gasteiger partial charge in [0.2, 0.25) is 0 Å². The molecule has 0 aromatic carbocycles. The molecule has 2 nitrogen and oxygen atoms in total. The minimum Gasteiger partial charge on any atom is -0.398 e. The van der Waals surface area contributed by atoms with E-state index in [1.165, 1.54) is 0 Å². The predicted molar refractivity (Wildman–Crippen MR) is 72.6 cm³/mol. The van der Waals surface area contributed by atoms with Crippen LogP contribution in [0.4, 0.5) is 0 Å². The van der Waals surface area contributed by atoms with Gasteiger partial charge >= 0.3 is 0 Å². The first-order chi connectivity index (χ1) is 7.13. The lowest BCUT2D eigenvalue weighted by atomic mass is 10.1. The molecule has 0 radical (unpaired) electrons. The maximum Gasteiger partial charge on any atom is 0.0356 e. The zero-order valence-corrected chi connectivity index (χ0v) is 11.2. The van der Waals surface area contributed by atoms with Crippen molar-refractivity contribution in [2.75, 3.05) is 0 Å². The molecule has 0 aliphatic heterocycles. The Labute approximate surface area is 95.7 Å². The van der Waals surface area contributed by atoms with Crippen LogP contribution >= 0.6 is 0 Å². The summed E-state index contributed by atoms with van der Waals surface area (Å²) in [4.78, 5) is 0. The van der Waals surface area contributed by atoms with Gasteiger partial charge in [-0.1, -0.05) is 46.4 Å². The summed E-state index contributed by atoms with van der Waals surface area (Å²) in [6, 6.07) is -0.0378. The Balaban J connectivity index is -0.000000318. The first-order valence-electron chi connectivity index (χ1n) is 5.63. The quantitative estimate of drug-likeness (QED) is 0.705. The zero-order chi connectivity index (χ0) is 12.9. The van der Waals surface area contributed by atoms with Crippen molar-refractivity contribution in [3.63, 3.8) is 0 Å². The Bertz CT molecular complexity index is 189. The van der Waals surface area contributed by atoms with Crippen LogP contribution in [0.15, 0.2) is 36.1 Å². The average molecular weight is 212 g/mol. The Hall–Kier alpha value is -1.02. The Morgan fingerprint density at radius 3 is 1.80 bits per heavy atom. The van der Waals surface area contributed by atoms with Gasteiger partial charge in [0, 0.05) is 11.7 Å². The summed E-state index contributed by atoms with van der Waals surface area (Å²) < 4.78 is 0. The second kappa shape index (κ2) is 15.5. The van der Waals surface area contributed by atoms with E-state index in [-0.39, 0.29) is 6.04 Å². The van der Waals surface area contributed by atoms with Gasteiger partial charge in [0.05, 0.1) is 0 Å². The number of nitrogens with two attached hydrogens (primary N) is 2. The predicted octanol–water partition coefficient (Wildman–Crippen LogP) is 3.36. The van der Waals surface area contributed by atoms with Gasteiger partial charge in [-0.25, -0.2) is 0 Å². The molecule has 0 rings (SSSR count). The van der Waals surface area contributed by atoms with Crippen LogP contribution in [0, 0.1) is 0 Å². The lowest BCUT2D eigenvalue weighted by Crippen LogP contribution is -2.20. The van der Waals surface area contributed by atoms with Gasteiger partial charge in [0.15, 0.2) is 0 Å². The Morgan fingerprint density at radius 2 is 1.60 bits per heavy atom. The van der Waals surface area contributed by atoms with Gasteiger partial charge in [-0.15, -0.1) is 0 Å². The summed E-state index contributed by atoms with van der Waals surface area (Å²) in [6.45, 7) is 15.4. The third-order valence-electron chi connectivity index (χ3n) is 1.39. The molecular formula is C13H28N2. The van der Waals surface area contributed by atoms with E-state index < -0.39 is 0 Å². The van der Waals surface area contributed by atoms with Crippen LogP contribution in [0.2, 0.25) is 0 Å². The highest BCUT2D eigenvalue weighted by atomic mass is 14.6. The zero-order valence-electron chi connectivity index (χ0n) is 11.2. The SMILES string of the molecule is C=C/C(N)=C(\C=C/C)C(C)N.CC.CC. The van der Waals surface area contributed by atoms with E-state index in [2.05, 4.69) is 6.58 Å². The molecule has 0 aromatic rings. The first-order valence-corrected chi connectivity index (χ1v) is 5.63. The lowest BCUT2D eigenvalue weighted by molar-refractivity contribution is 0.872. The molecular weight excluding hydrogens is 184 g/mol. The molecule has 0 saturated carbocycles. The second-order valence-corrected chi connectivity index (χ2v) is 2.40. The normalized spacial score (nSPS) is 12.7. The molecule has 0 bridgehead atoms. The molecule has 0 aliphatic carbocycles. The van der Waals surface area contributed by atoms with Crippen molar-refractivity contribution < 1.29 is 0 Å². The van der Waals surface area contributed by atoms with E-state index in [0.717, 1.165) is 5.57 Å². The van der Waals surface area contributed by atoms with Crippen molar-refractivity contribution >= 4 is 0 Å². The number of allylic oxidation sites excluding steroid dienone is 2. The fourth-order valence-corrected chi connectivity index (χ4v) is 0.808. The Kier molecular flexibility index (Phi) is 20.1. The lowest BCUT2D eigenvalue weighted by Gasteiger charge is -2.08. The highest BCUT2D eigenvalue weighted by Crippen LogP contribution is 2.05. The molecule has 0 aliphatic rings. The van der Waals surface area contributed by atoms with Crippen LogP contribution in [0.1, 0.15) is 41.5 Å². The summed E-state index contributed by atoms with van der Waals surface area (Å²) in [6.07, 6.45) is 5.43. The van der Waals surface area contributed by atoms with E-state index >= 15 is 0 Å². The van der Waals surface area contributed by atoms with Crippen molar-refractivity contribution in [3.8, 4) is 0 Å². The minimum absolute atomic E-state index is 0.0378. The molecule has 0 saturated heterocycles. The maximum atomic E-state index is 5.66. The number of hydrogen-bond acceptors (Lipinski definition) is 2. The van der Waals surface area contributed by atoms with Crippen LogP contribution in [-0.2, 0) is 0 Å². The fraction of sp³-hybridized carbons (Fsp3) is 0.538. The van der Waals surface area contributed by atoms with Gasteiger partial charge in [-0.05, 0) is 25.5 Å². The van der Waals surface area contributed by atoms with Crippen LogP contribution in [0.5, 0.6) is 0 Å². The summed E-state index contributed by atoms with van der Waals surface area (Å²) in [5.74, 6) is 0. The Morgan fingerprint density at radius 1 is 1.20 bits per heavy atom. The van der Waals surface area contributed by atoms with Gasteiger partial charge in [-0.2, -0.15) is 0 Å². The molecule has 0 fully saturated rings. The fourth-order valence-electron chi connectivity index (χ4n) is 0.808. The summed E-state index contributed by atoms with van der Waals surface area (Å²) in [7, 11) is 0. The number of rotatable bonds is 3. The van der Waals surface area contributed by atoms with Crippen LogP contribution in [-0.4, -0.2) is 6.04 Å². The topological polar surface area (TPSA) is 52.0 Å². The van der Waals surface area contributed by atoms with Crippen LogP contribution in [0.3, 0.4) is 0 Å². The third kappa shape index (κ3) is 10.9. The summed E-state index contributed by atoms with van der Waals surface area (Å²) >= 11 is 0. The van der Waals surface area contributed by atoms with Gasteiger partial charge in [0.25, 0.3) is 0 Å². The maximum absolute atomic E-state index is 5.66. The molecule has 0 spiro atoms. The molecule has 90 valence electrons. The van der Waals surface area contributed by atoms with E-state index in [9.17, 15) is 0 Å². The standard InChI is InChI=1S/C9H16N2.2C2H6/c1-4-6-8(7(3)10)9(11)5-2;2*1-2/h4-7H,2,10-11H2,1,3H3;2*1-2H3/b6-4-,9-8-;;. The van der Waals surface area contributed by atoms with E-state index in [0.29, 0.717) is 5.70 Å². The van der Waals surface area contributed by atoms with Crippen molar-refractivity contribution in [3.05, 3.63) is 36.1 Å². The van der Waals surface area contributed by atoms with E-state index in [1.54, 1.807) is 6.08 Å². The van der Waals surface area contributed by atoms with Crippen molar-refractivity contribution in [1.29, 1.82) is 0 Å². The molecule has 0 aromatic heterocycles. The van der Waals surface area contributed by atoms with Gasteiger partial charge in [0.1, 0.15) is 0 Å². The second-order valence-electron chi connectivity index (χ2n) is 2.40. The molecule has 4 N–H and O–H groups in total. The average Bonchev–Trinajstić information content (AvgIpc) is 2.30. The van der Waals surface area contributed by atoms with E-state index in [4.69, 9.17) is 11.5 Å². The minimum atomic E-state index is -0.0378. The van der Waals surface area contributed by atoms with Crippen molar-refractivity contribution in [2.24, 2.45) is 11.5 Å². The molecule has 1 atom stereocenters.